The van der Waals surface area contributed by atoms with Crippen LogP contribution in [0.4, 0.5) is 11.4 Å². The molecule has 0 radical (unpaired) electrons. The Kier molecular flexibility index (Phi) is 4.07. The minimum atomic E-state index is -0.460. The highest BCUT2D eigenvalue weighted by atomic mass is 16.6. The van der Waals surface area contributed by atoms with Crippen molar-refractivity contribution < 1.29 is 9.66 Å². The van der Waals surface area contributed by atoms with Crippen LogP contribution in [0.5, 0.6) is 5.75 Å². The molecule has 1 aromatic carbocycles. The van der Waals surface area contributed by atoms with Crippen molar-refractivity contribution in [3.05, 3.63) is 28.3 Å². The first-order valence-corrected chi connectivity index (χ1v) is 4.87. The van der Waals surface area contributed by atoms with Crippen molar-refractivity contribution in [2.24, 2.45) is 5.73 Å². The number of nitrogens with one attached hydrogen (secondary N) is 1. The Hall–Kier alpha value is -1.82. The summed E-state index contributed by atoms with van der Waals surface area (Å²) in [4.78, 5) is 10.1. The molecule has 6 nitrogen and oxygen atoms in total. The minimum absolute atomic E-state index is 0.00259. The predicted octanol–water partition coefficient (Wildman–Crippen LogP) is 1.36. The summed E-state index contributed by atoms with van der Waals surface area (Å²) < 4.78 is 5.07. The fourth-order valence-electron chi connectivity index (χ4n) is 1.24. The van der Waals surface area contributed by atoms with E-state index in [0.29, 0.717) is 18.0 Å². The number of nitro benzene ring substituents is 1. The molecule has 0 aliphatic carbocycles. The van der Waals surface area contributed by atoms with Crippen molar-refractivity contribution in [2.45, 2.75) is 13.0 Å². The first-order chi connectivity index (χ1) is 7.58. The molecule has 16 heavy (non-hydrogen) atoms. The van der Waals surface area contributed by atoms with E-state index >= 15 is 0 Å². The Balaban J connectivity index is 2.97. The number of rotatable bonds is 5. The normalized spacial score (nSPS) is 11.9. The molecular formula is C10H15N3O3. The molecule has 0 saturated heterocycles. The minimum Gasteiger partial charge on any atom is -0.494 e. The summed E-state index contributed by atoms with van der Waals surface area (Å²) in [6, 6.07) is 4.50. The lowest BCUT2D eigenvalue weighted by molar-refractivity contribution is -0.384. The van der Waals surface area contributed by atoms with Crippen LogP contribution in [0, 0.1) is 10.1 Å². The van der Waals surface area contributed by atoms with Crippen LogP contribution in [0.2, 0.25) is 0 Å². The first kappa shape index (κ1) is 12.3. The summed E-state index contributed by atoms with van der Waals surface area (Å²) >= 11 is 0. The molecule has 88 valence electrons. The zero-order valence-corrected chi connectivity index (χ0v) is 9.27. The van der Waals surface area contributed by atoms with Gasteiger partial charge in [-0.25, -0.2) is 0 Å². The largest absolute Gasteiger partial charge is 0.494 e. The number of nitrogens with zero attached hydrogens (tertiary/aromatic N) is 1. The monoisotopic (exact) mass is 225 g/mol. The first-order valence-electron chi connectivity index (χ1n) is 4.87. The Morgan fingerprint density at radius 2 is 2.31 bits per heavy atom. The Morgan fingerprint density at radius 3 is 2.81 bits per heavy atom. The van der Waals surface area contributed by atoms with Gasteiger partial charge in [0.25, 0.3) is 5.69 Å². The molecular weight excluding hydrogens is 210 g/mol. The molecule has 1 rings (SSSR count). The molecule has 0 aliphatic heterocycles. The third kappa shape index (κ3) is 2.83. The number of hydrogen-bond donors (Lipinski definition) is 2. The molecule has 0 saturated carbocycles. The van der Waals surface area contributed by atoms with E-state index in [9.17, 15) is 10.1 Å². The van der Waals surface area contributed by atoms with Gasteiger partial charge in [0.2, 0.25) is 0 Å². The zero-order valence-electron chi connectivity index (χ0n) is 9.27. The van der Waals surface area contributed by atoms with Gasteiger partial charge >= 0.3 is 0 Å². The van der Waals surface area contributed by atoms with E-state index in [0.717, 1.165) is 0 Å². The van der Waals surface area contributed by atoms with Gasteiger partial charge in [0, 0.05) is 18.7 Å². The van der Waals surface area contributed by atoms with Gasteiger partial charge in [-0.1, -0.05) is 0 Å². The maximum atomic E-state index is 10.6. The number of methoxy groups -OCH3 is 1. The van der Waals surface area contributed by atoms with Crippen molar-refractivity contribution in [3.63, 3.8) is 0 Å². The molecule has 0 heterocycles. The van der Waals surface area contributed by atoms with Crippen LogP contribution in [0.1, 0.15) is 6.92 Å². The van der Waals surface area contributed by atoms with Crippen molar-refractivity contribution >= 4 is 11.4 Å². The smallest absolute Gasteiger partial charge is 0.273 e. The average molecular weight is 225 g/mol. The highest BCUT2D eigenvalue weighted by Gasteiger charge is 2.12. The van der Waals surface area contributed by atoms with E-state index in [-0.39, 0.29) is 11.7 Å². The van der Waals surface area contributed by atoms with Gasteiger partial charge in [-0.2, -0.15) is 0 Å². The van der Waals surface area contributed by atoms with E-state index in [1.807, 2.05) is 6.92 Å². The van der Waals surface area contributed by atoms with Gasteiger partial charge in [0.05, 0.1) is 23.8 Å². The molecule has 3 N–H and O–H groups in total. The number of nitrogens with two attached hydrogens (primary N) is 1. The standard InChI is InChI=1S/C10H15N3O3/c1-7(6-11)12-9-4-3-8(13(14)15)5-10(9)16-2/h3-5,7,12H,6,11H2,1-2H3. The molecule has 1 unspecified atom stereocenters. The summed E-state index contributed by atoms with van der Waals surface area (Å²) in [5, 5.41) is 13.7. The molecule has 0 amide bonds. The van der Waals surface area contributed by atoms with Gasteiger partial charge in [0.15, 0.2) is 0 Å². The molecule has 6 heteroatoms. The number of hydrogen-bond acceptors (Lipinski definition) is 5. The quantitative estimate of drug-likeness (QED) is 0.583. The maximum absolute atomic E-state index is 10.6. The second kappa shape index (κ2) is 5.32. The molecule has 0 aromatic heterocycles. The molecule has 0 bridgehead atoms. The number of nitro groups is 1. The number of non-ortho nitro benzene ring substituents is 1. The van der Waals surface area contributed by atoms with E-state index in [1.54, 1.807) is 6.07 Å². The summed E-state index contributed by atoms with van der Waals surface area (Å²) in [6.07, 6.45) is 0. The van der Waals surface area contributed by atoms with Gasteiger partial charge in [-0.05, 0) is 13.0 Å². The van der Waals surface area contributed by atoms with Crippen LogP contribution >= 0.6 is 0 Å². The summed E-state index contributed by atoms with van der Waals surface area (Å²) in [5.41, 5.74) is 6.18. The van der Waals surface area contributed by atoms with Gasteiger partial charge in [-0.15, -0.1) is 0 Å². The maximum Gasteiger partial charge on any atom is 0.273 e. The second-order valence-corrected chi connectivity index (χ2v) is 3.42. The SMILES string of the molecule is COc1cc([N+](=O)[O-])ccc1NC(C)CN. The lowest BCUT2D eigenvalue weighted by atomic mass is 10.2. The topological polar surface area (TPSA) is 90.4 Å². The molecule has 0 spiro atoms. The summed E-state index contributed by atoms with van der Waals surface area (Å²) in [7, 11) is 1.47. The zero-order chi connectivity index (χ0) is 12.1. The highest BCUT2D eigenvalue weighted by molar-refractivity contribution is 5.61. The lowest BCUT2D eigenvalue weighted by Gasteiger charge is -2.15. The van der Waals surface area contributed by atoms with Crippen molar-refractivity contribution in [1.82, 2.24) is 0 Å². The van der Waals surface area contributed by atoms with Crippen LogP contribution in [0.15, 0.2) is 18.2 Å². The van der Waals surface area contributed by atoms with Crippen molar-refractivity contribution in [3.8, 4) is 5.75 Å². The van der Waals surface area contributed by atoms with Gasteiger partial charge in [0.1, 0.15) is 5.75 Å². The fraction of sp³-hybridized carbons (Fsp3) is 0.400. The molecule has 0 aliphatic rings. The van der Waals surface area contributed by atoms with Crippen LogP contribution < -0.4 is 15.8 Å². The Bertz CT molecular complexity index is 382. The predicted molar refractivity (Wildman–Crippen MR) is 61.8 cm³/mol. The number of anilines is 1. The fourth-order valence-corrected chi connectivity index (χ4v) is 1.24. The highest BCUT2D eigenvalue weighted by Crippen LogP contribution is 2.29. The molecule has 1 aromatic rings. The molecule has 1 atom stereocenters. The van der Waals surface area contributed by atoms with Crippen molar-refractivity contribution in [2.75, 3.05) is 19.0 Å². The lowest BCUT2D eigenvalue weighted by Crippen LogP contribution is -2.25. The van der Waals surface area contributed by atoms with Gasteiger partial charge in [-0.3, -0.25) is 10.1 Å². The third-order valence-electron chi connectivity index (χ3n) is 2.15. The second-order valence-electron chi connectivity index (χ2n) is 3.42. The third-order valence-corrected chi connectivity index (χ3v) is 2.15. The number of ether oxygens (including phenoxy) is 1. The van der Waals surface area contributed by atoms with E-state index in [2.05, 4.69) is 5.32 Å². The number of benzene rings is 1. The summed E-state index contributed by atoms with van der Waals surface area (Å²) in [5.74, 6) is 0.439. The van der Waals surface area contributed by atoms with E-state index in [1.165, 1.54) is 19.2 Å². The Labute approximate surface area is 93.5 Å². The van der Waals surface area contributed by atoms with Crippen LogP contribution in [-0.4, -0.2) is 24.6 Å². The molecule has 0 fully saturated rings. The van der Waals surface area contributed by atoms with E-state index < -0.39 is 4.92 Å². The van der Waals surface area contributed by atoms with E-state index in [4.69, 9.17) is 10.5 Å². The Morgan fingerprint density at radius 1 is 1.62 bits per heavy atom. The van der Waals surface area contributed by atoms with Crippen molar-refractivity contribution in [1.29, 1.82) is 0 Å². The van der Waals surface area contributed by atoms with Crippen LogP contribution in [0.25, 0.3) is 0 Å². The van der Waals surface area contributed by atoms with Crippen LogP contribution in [-0.2, 0) is 0 Å². The summed E-state index contributed by atoms with van der Waals surface area (Å²) in [6.45, 7) is 2.39. The van der Waals surface area contributed by atoms with Crippen LogP contribution in [0.3, 0.4) is 0 Å². The van der Waals surface area contributed by atoms with Gasteiger partial charge < -0.3 is 15.8 Å². The average Bonchev–Trinajstić information content (AvgIpc) is 2.29.